The number of hydrogen-bond donors (Lipinski definition) is 1. The molecule has 2 rings (SSSR count). The first-order valence-corrected chi connectivity index (χ1v) is 7.71. The number of hydrogen-bond acceptors (Lipinski definition) is 2. The van der Waals surface area contributed by atoms with Gasteiger partial charge in [0, 0.05) is 30.4 Å². The molecule has 0 radical (unpaired) electrons. The van der Waals surface area contributed by atoms with E-state index in [0.717, 1.165) is 25.2 Å². The molecule has 1 saturated heterocycles. The van der Waals surface area contributed by atoms with E-state index in [4.69, 9.17) is 11.6 Å². The van der Waals surface area contributed by atoms with Crippen molar-refractivity contribution >= 4 is 17.3 Å². The van der Waals surface area contributed by atoms with Crippen LogP contribution in [0, 0.1) is 11.7 Å². The Hall–Kier alpha value is -0.800. The van der Waals surface area contributed by atoms with Crippen LogP contribution in [0.2, 0.25) is 5.02 Å². The molecule has 1 aromatic carbocycles. The van der Waals surface area contributed by atoms with E-state index in [9.17, 15) is 4.39 Å². The van der Waals surface area contributed by atoms with Crippen molar-refractivity contribution in [2.24, 2.45) is 5.92 Å². The maximum absolute atomic E-state index is 13.8. The summed E-state index contributed by atoms with van der Waals surface area (Å²) in [6.07, 6.45) is 1.05. The first-order chi connectivity index (χ1) is 9.36. The molecule has 4 heteroatoms. The van der Waals surface area contributed by atoms with Gasteiger partial charge in [0.25, 0.3) is 0 Å². The largest absolute Gasteiger partial charge is 0.365 e. The minimum atomic E-state index is -0.344. The Kier molecular flexibility index (Phi) is 4.60. The third-order valence-corrected chi connectivity index (χ3v) is 4.75. The van der Waals surface area contributed by atoms with Crippen molar-refractivity contribution in [1.29, 1.82) is 0 Å². The van der Waals surface area contributed by atoms with Gasteiger partial charge in [-0.15, -0.1) is 0 Å². The molecule has 0 aromatic heterocycles. The number of piperazine rings is 1. The van der Waals surface area contributed by atoms with Gasteiger partial charge in [0.2, 0.25) is 0 Å². The van der Waals surface area contributed by atoms with Crippen LogP contribution in [0.4, 0.5) is 10.1 Å². The van der Waals surface area contributed by atoms with Crippen LogP contribution in [-0.4, -0.2) is 24.7 Å². The summed E-state index contributed by atoms with van der Waals surface area (Å²) >= 11 is 5.80. The maximum atomic E-state index is 13.8. The molecular formula is C16H24ClFN2. The predicted molar refractivity (Wildman–Crippen MR) is 84.1 cm³/mol. The Morgan fingerprint density at radius 3 is 2.75 bits per heavy atom. The normalized spacial score (nSPS) is 27.1. The van der Waals surface area contributed by atoms with E-state index < -0.39 is 0 Å². The fourth-order valence-electron chi connectivity index (χ4n) is 2.79. The minimum Gasteiger partial charge on any atom is -0.365 e. The Balaban J connectivity index is 2.33. The van der Waals surface area contributed by atoms with Gasteiger partial charge in [-0.05, 0) is 37.5 Å². The monoisotopic (exact) mass is 298 g/mol. The summed E-state index contributed by atoms with van der Waals surface area (Å²) in [5.41, 5.74) is 0.994. The van der Waals surface area contributed by atoms with E-state index in [0.29, 0.717) is 12.0 Å². The van der Waals surface area contributed by atoms with Crippen molar-refractivity contribution in [1.82, 2.24) is 5.32 Å². The van der Waals surface area contributed by atoms with E-state index in [1.54, 1.807) is 12.1 Å². The molecule has 1 fully saturated rings. The molecule has 1 aliphatic heterocycles. The van der Waals surface area contributed by atoms with Crippen LogP contribution in [0.25, 0.3) is 0 Å². The molecule has 2 unspecified atom stereocenters. The van der Waals surface area contributed by atoms with Crippen LogP contribution in [0.5, 0.6) is 0 Å². The zero-order valence-electron chi connectivity index (χ0n) is 12.7. The van der Waals surface area contributed by atoms with Crippen LogP contribution in [-0.2, 0) is 0 Å². The van der Waals surface area contributed by atoms with Crippen LogP contribution in [0.1, 0.15) is 34.1 Å². The second-order valence-electron chi connectivity index (χ2n) is 6.33. The Bertz CT molecular complexity index is 478. The fraction of sp³-hybridized carbons (Fsp3) is 0.625. The molecule has 2 nitrogen and oxygen atoms in total. The van der Waals surface area contributed by atoms with Gasteiger partial charge in [-0.1, -0.05) is 32.4 Å². The van der Waals surface area contributed by atoms with Gasteiger partial charge in [0.05, 0.1) is 5.02 Å². The lowest BCUT2D eigenvalue weighted by Gasteiger charge is -2.48. The molecule has 2 atom stereocenters. The van der Waals surface area contributed by atoms with E-state index in [1.165, 1.54) is 0 Å². The van der Waals surface area contributed by atoms with Crippen molar-refractivity contribution in [2.45, 2.75) is 45.7 Å². The highest BCUT2D eigenvalue weighted by Crippen LogP contribution is 2.30. The summed E-state index contributed by atoms with van der Waals surface area (Å²) < 4.78 is 13.8. The molecule has 1 heterocycles. The number of nitrogens with one attached hydrogen (secondary N) is 1. The van der Waals surface area contributed by atoms with Gasteiger partial charge in [0.1, 0.15) is 5.82 Å². The van der Waals surface area contributed by atoms with Gasteiger partial charge in [-0.2, -0.15) is 0 Å². The van der Waals surface area contributed by atoms with Gasteiger partial charge in [0.15, 0.2) is 0 Å². The third-order valence-electron chi connectivity index (χ3n) is 4.44. The van der Waals surface area contributed by atoms with E-state index in [2.05, 4.69) is 37.9 Å². The molecule has 0 aliphatic carbocycles. The first-order valence-electron chi connectivity index (χ1n) is 7.33. The molecule has 1 aromatic rings. The van der Waals surface area contributed by atoms with Crippen molar-refractivity contribution in [3.63, 3.8) is 0 Å². The van der Waals surface area contributed by atoms with E-state index in [1.807, 2.05) is 6.07 Å². The zero-order chi connectivity index (χ0) is 14.9. The highest BCUT2D eigenvalue weighted by Gasteiger charge is 2.36. The van der Waals surface area contributed by atoms with Crippen molar-refractivity contribution in [3.8, 4) is 0 Å². The summed E-state index contributed by atoms with van der Waals surface area (Å²) in [7, 11) is 0. The minimum absolute atomic E-state index is 0.0709. The summed E-state index contributed by atoms with van der Waals surface area (Å²) in [6.45, 7) is 10.6. The molecular weight excluding hydrogens is 275 g/mol. The molecule has 0 amide bonds. The van der Waals surface area contributed by atoms with Gasteiger partial charge < -0.3 is 10.2 Å². The highest BCUT2D eigenvalue weighted by atomic mass is 35.5. The first kappa shape index (κ1) is 15.6. The summed E-state index contributed by atoms with van der Waals surface area (Å²) in [5, 5.41) is 3.82. The highest BCUT2D eigenvalue weighted by molar-refractivity contribution is 6.30. The average Bonchev–Trinajstić information content (AvgIpc) is 2.41. The zero-order valence-corrected chi connectivity index (χ0v) is 13.5. The maximum Gasteiger partial charge on any atom is 0.143 e. The second-order valence-corrected chi connectivity index (χ2v) is 6.74. The number of benzene rings is 1. The molecule has 0 saturated carbocycles. The van der Waals surface area contributed by atoms with Gasteiger partial charge in [-0.25, -0.2) is 4.39 Å². The Morgan fingerprint density at radius 1 is 1.50 bits per heavy atom. The Morgan fingerprint density at radius 2 is 2.20 bits per heavy atom. The lowest BCUT2D eigenvalue weighted by Crippen LogP contribution is -2.64. The van der Waals surface area contributed by atoms with Gasteiger partial charge in [-0.3, -0.25) is 0 Å². The SMILES string of the molecule is CCC1(C)CN(c2ccc(Cl)c(F)c2)C(C(C)C)CN1. The van der Waals surface area contributed by atoms with Crippen LogP contribution < -0.4 is 10.2 Å². The third kappa shape index (κ3) is 3.09. The lowest BCUT2D eigenvalue weighted by atomic mass is 9.89. The summed E-state index contributed by atoms with van der Waals surface area (Å²) in [4.78, 5) is 2.32. The van der Waals surface area contributed by atoms with Gasteiger partial charge >= 0.3 is 0 Å². The van der Waals surface area contributed by atoms with Crippen LogP contribution in [0.3, 0.4) is 0 Å². The molecule has 20 heavy (non-hydrogen) atoms. The van der Waals surface area contributed by atoms with E-state index in [-0.39, 0.29) is 16.4 Å². The number of rotatable bonds is 3. The van der Waals surface area contributed by atoms with E-state index >= 15 is 0 Å². The summed E-state index contributed by atoms with van der Waals surface area (Å²) in [5.74, 6) is 0.158. The molecule has 112 valence electrons. The second kappa shape index (κ2) is 5.90. The molecule has 0 spiro atoms. The van der Waals surface area contributed by atoms with Crippen molar-refractivity contribution in [2.75, 3.05) is 18.0 Å². The van der Waals surface area contributed by atoms with Crippen LogP contribution >= 0.6 is 11.6 Å². The number of nitrogens with zero attached hydrogens (tertiary/aromatic N) is 1. The number of halogens is 2. The smallest absolute Gasteiger partial charge is 0.143 e. The average molecular weight is 299 g/mol. The standard InChI is InChI=1S/C16H24ClFN2/c1-5-16(4)10-20(15(9-19-16)11(2)3)12-6-7-13(17)14(18)8-12/h6-8,11,15,19H,5,9-10H2,1-4H3. The topological polar surface area (TPSA) is 15.3 Å². The van der Waals surface area contributed by atoms with Crippen molar-refractivity contribution in [3.05, 3.63) is 29.0 Å². The molecule has 1 aliphatic rings. The summed E-state index contributed by atoms with van der Waals surface area (Å²) in [6, 6.07) is 5.49. The fourth-order valence-corrected chi connectivity index (χ4v) is 2.91. The van der Waals surface area contributed by atoms with Crippen LogP contribution in [0.15, 0.2) is 18.2 Å². The Labute approximate surface area is 126 Å². The molecule has 0 bridgehead atoms. The number of anilines is 1. The molecule has 1 N–H and O–H groups in total. The predicted octanol–water partition coefficient (Wildman–Crippen LogP) is 4.08. The van der Waals surface area contributed by atoms with Crippen molar-refractivity contribution < 1.29 is 4.39 Å². The lowest BCUT2D eigenvalue weighted by molar-refractivity contribution is 0.253. The quantitative estimate of drug-likeness (QED) is 0.904.